The summed E-state index contributed by atoms with van der Waals surface area (Å²) in [6.07, 6.45) is 8.08. The molecular weight excluding hydrogens is 342 g/mol. The Bertz CT molecular complexity index is 603. The molecule has 1 heterocycles. The molecule has 0 atom stereocenters. The number of piperazine rings is 1. The standard InChI is InChI=1S/C25H43N3/c1-6-7-14-27-15-17-28(18-16-27)24-13-12-22(26-5)19-23(24)20-8-10-21(11-9-20)25(2,3)4/h12-13,19-21,26H,6-11,14-18H2,1-5H3. The molecule has 0 spiro atoms. The Morgan fingerprint density at radius 3 is 2.25 bits per heavy atom. The lowest BCUT2D eigenvalue weighted by Gasteiger charge is -2.40. The summed E-state index contributed by atoms with van der Waals surface area (Å²) < 4.78 is 0. The topological polar surface area (TPSA) is 18.5 Å². The molecular formula is C25H43N3. The highest BCUT2D eigenvalue weighted by Crippen LogP contribution is 2.45. The van der Waals surface area contributed by atoms with Gasteiger partial charge < -0.3 is 10.2 Å². The zero-order valence-corrected chi connectivity index (χ0v) is 19.1. The van der Waals surface area contributed by atoms with Crippen molar-refractivity contribution in [2.45, 2.75) is 72.1 Å². The second-order valence-corrected chi connectivity index (χ2v) is 10.1. The minimum atomic E-state index is 0.454. The molecule has 0 unspecified atom stereocenters. The van der Waals surface area contributed by atoms with Crippen LogP contribution in [0.25, 0.3) is 0 Å². The molecule has 0 radical (unpaired) electrons. The fourth-order valence-electron chi connectivity index (χ4n) is 5.19. The van der Waals surface area contributed by atoms with Crippen molar-refractivity contribution in [3.05, 3.63) is 23.8 Å². The highest BCUT2D eigenvalue weighted by molar-refractivity contribution is 5.62. The van der Waals surface area contributed by atoms with E-state index in [0.717, 1.165) is 11.8 Å². The molecule has 0 aromatic heterocycles. The summed E-state index contributed by atoms with van der Waals surface area (Å²) in [5.41, 5.74) is 4.82. The van der Waals surface area contributed by atoms with Crippen LogP contribution in [-0.2, 0) is 0 Å². The van der Waals surface area contributed by atoms with Gasteiger partial charge in [-0.05, 0) is 79.7 Å². The Morgan fingerprint density at radius 1 is 1.00 bits per heavy atom. The van der Waals surface area contributed by atoms with E-state index in [9.17, 15) is 0 Å². The molecule has 2 aliphatic rings. The first-order chi connectivity index (χ1) is 13.4. The van der Waals surface area contributed by atoms with Crippen LogP contribution in [0.2, 0.25) is 0 Å². The van der Waals surface area contributed by atoms with Crippen LogP contribution in [0.15, 0.2) is 18.2 Å². The van der Waals surface area contributed by atoms with Gasteiger partial charge in [-0.15, -0.1) is 0 Å². The average molecular weight is 386 g/mol. The molecule has 1 aromatic carbocycles. The number of hydrogen-bond acceptors (Lipinski definition) is 3. The number of hydrogen-bond donors (Lipinski definition) is 1. The van der Waals surface area contributed by atoms with Crippen LogP contribution in [-0.4, -0.2) is 44.7 Å². The molecule has 1 aliphatic carbocycles. The van der Waals surface area contributed by atoms with Crippen molar-refractivity contribution in [2.75, 3.05) is 50.0 Å². The third-order valence-electron chi connectivity index (χ3n) is 7.25. The van der Waals surface area contributed by atoms with Crippen molar-refractivity contribution >= 4 is 11.4 Å². The van der Waals surface area contributed by atoms with E-state index in [-0.39, 0.29) is 0 Å². The normalized spacial score (nSPS) is 24.4. The van der Waals surface area contributed by atoms with Gasteiger partial charge in [0.25, 0.3) is 0 Å². The Kier molecular flexibility index (Phi) is 7.31. The molecule has 1 saturated heterocycles. The van der Waals surface area contributed by atoms with E-state index in [1.807, 2.05) is 7.05 Å². The van der Waals surface area contributed by atoms with E-state index >= 15 is 0 Å². The van der Waals surface area contributed by atoms with Crippen LogP contribution in [0.3, 0.4) is 0 Å². The third kappa shape index (κ3) is 5.23. The Labute approximate surface area is 173 Å². The summed E-state index contributed by atoms with van der Waals surface area (Å²) in [6.45, 7) is 15.6. The van der Waals surface area contributed by atoms with E-state index in [0.29, 0.717) is 5.41 Å². The summed E-state index contributed by atoms with van der Waals surface area (Å²) in [5.74, 6) is 1.60. The maximum Gasteiger partial charge on any atom is 0.0404 e. The molecule has 3 rings (SSSR count). The predicted octanol–water partition coefficient (Wildman–Crippen LogP) is 5.97. The third-order valence-corrected chi connectivity index (χ3v) is 7.25. The van der Waals surface area contributed by atoms with Crippen molar-refractivity contribution in [3.8, 4) is 0 Å². The highest BCUT2D eigenvalue weighted by Gasteiger charge is 2.32. The molecule has 158 valence electrons. The fourth-order valence-corrected chi connectivity index (χ4v) is 5.19. The zero-order chi connectivity index (χ0) is 20.1. The quantitative estimate of drug-likeness (QED) is 0.651. The first-order valence-electron chi connectivity index (χ1n) is 11.7. The number of unbranched alkanes of at least 4 members (excludes halogenated alkanes) is 1. The second kappa shape index (κ2) is 9.52. The molecule has 1 saturated carbocycles. The van der Waals surface area contributed by atoms with Crippen molar-refractivity contribution < 1.29 is 0 Å². The van der Waals surface area contributed by atoms with E-state index < -0.39 is 0 Å². The predicted molar refractivity (Wildman–Crippen MR) is 124 cm³/mol. The van der Waals surface area contributed by atoms with Crippen molar-refractivity contribution in [2.24, 2.45) is 11.3 Å². The summed E-state index contributed by atoms with van der Waals surface area (Å²) in [4.78, 5) is 5.31. The molecule has 3 nitrogen and oxygen atoms in total. The number of rotatable bonds is 6. The lowest BCUT2D eigenvalue weighted by atomic mass is 9.68. The van der Waals surface area contributed by atoms with Crippen molar-refractivity contribution in [3.63, 3.8) is 0 Å². The van der Waals surface area contributed by atoms with Gasteiger partial charge >= 0.3 is 0 Å². The smallest absolute Gasteiger partial charge is 0.0404 e. The van der Waals surface area contributed by atoms with Crippen molar-refractivity contribution in [1.82, 2.24) is 4.90 Å². The zero-order valence-electron chi connectivity index (χ0n) is 19.1. The van der Waals surface area contributed by atoms with Gasteiger partial charge in [0.15, 0.2) is 0 Å². The van der Waals surface area contributed by atoms with Gasteiger partial charge in [0.2, 0.25) is 0 Å². The Morgan fingerprint density at radius 2 is 1.68 bits per heavy atom. The maximum absolute atomic E-state index is 3.37. The van der Waals surface area contributed by atoms with Crippen LogP contribution < -0.4 is 10.2 Å². The van der Waals surface area contributed by atoms with Crippen LogP contribution in [0.5, 0.6) is 0 Å². The first-order valence-corrected chi connectivity index (χ1v) is 11.7. The SMILES string of the molecule is CCCCN1CCN(c2ccc(NC)cc2C2CCC(C(C)(C)C)CC2)CC1. The monoisotopic (exact) mass is 385 g/mol. The molecule has 3 heteroatoms. The second-order valence-electron chi connectivity index (χ2n) is 10.1. The van der Waals surface area contributed by atoms with E-state index in [1.165, 1.54) is 82.6 Å². The minimum absolute atomic E-state index is 0.454. The molecule has 0 amide bonds. The highest BCUT2D eigenvalue weighted by atomic mass is 15.3. The summed E-state index contributed by atoms with van der Waals surface area (Å²) in [5, 5.41) is 3.37. The van der Waals surface area contributed by atoms with Gasteiger partial charge in [0.1, 0.15) is 0 Å². The Balaban J connectivity index is 1.71. The lowest BCUT2D eigenvalue weighted by molar-refractivity contribution is 0.169. The van der Waals surface area contributed by atoms with Crippen LogP contribution in [0.4, 0.5) is 11.4 Å². The van der Waals surface area contributed by atoms with Gasteiger partial charge in [-0.25, -0.2) is 0 Å². The van der Waals surface area contributed by atoms with E-state index in [4.69, 9.17) is 0 Å². The summed E-state index contributed by atoms with van der Waals surface area (Å²) in [6, 6.07) is 7.10. The Hall–Kier alpha value is -1.22. The number of benzene rings is 1. The number of nitrogens with one attached hydrogen (secondary N) is 1. The van der Waals surface area contributed by atoms with Crippen LogP contribution in [0.1, 0.15) is 77.7 Å². The summed E-state index contributed by atoms with van der Waals surface area (Å²) >= 11 is 0. The summed E-state index contributed by atoms with van der Waals surface area (Å²) in [7, 11) is 2.04. The van der Waals surface area contributed by atoms with Gasteiger partial charge in [0, 0.05) is 44.6 Å². The van der Waals surface area contributed by atoms with Gasteiger partial charge in [0.05, 0.1) is 0 Å². The molecule has 1 aromatic rings. The number of anilines is 2. The van der Waals surface area contributed by atoms with Crippen LogP contribution >= 0.6 is 0 Å². The molecule has 2 fully saturated rings. The van der Waals surface area contributed by atoms with Crippen LogP contribution in [0, 0.1) is 11.3 Å². The fraction of sp³-hybridized carbons (Fsp3) is 0.760. The average Bonchev–Trinajstić information content (AvgIpc) is 2.71. The first kappa shape index (κ1) is 21.5. The minimum Gasteiger partial charge on any atom is -0.388 e. The molecule has 28 heavy (non-hydrogen) atoms. The maximum atomic E-state index is 3.37. The molecule has 1 N–H and O–H groups in total. The largest absolute Gasteiger partial charge is 0.388 e. The van der Waals surface area contributed by atoms with E-state index in [1.54, 1.807) is 5.56 Å². The number of nitrogens with zero attached hydrogens (tertiary/aromatic N) is 2. The lowest BCUT2D eigenvalue weighted by Crippen LogP contribution is -2.47. The van der Waals surface area contributed by atoms with E-state index in [2.05, 4.69) is 61.0 Å². The van der Waals surface area contributed by atoms with Crippen molar-refractivity contribution in [1.29, 1.82) is 0 Å². The molecule has 0 bridgehead atoms. The molecule has 1 aliphatic heterocycles. The van der Waals surface area contributed by atoms with Gasteiger partial charge in [-0.2, -0.15) is 0 Å². The van der Waals surface area contributed by atoms with Gasteiger partial charge in [-0.3, -0.25) is 4.90 Å². The van der Waals surface area contributed by atoms with Gasteiger partial charge in [-0.1, -0.05) is 34.1 Å².